The zero-order chi connectivity index (χ0) is 15.2. The summed E-state index contributed by atoms with van der Waals surface area (Å²) in [4.78, 5) is 16.0. The molecule has 2 atom stereocenters. The van der Waals surface area contributed by atoms with Crippen LogP contribution in [0.1, 0.15) is 33.1 Å². The third-order valence-electron chi connectivity index (χ3n) is 3.82. The van der Waals surface area contributed by atoms with Crippen molar-refractivity contribution in [1.82, 2.24) is 16.0 Å². The molecular formula is C14H29IN4OS. The van der Waals surface area contributed by atoms with Crippen molar-refractivity contribution in [2.24, 2.45) is 10.4 Å². The maximum atomic E-state index is 11.7. The van der Waals surface area contributed by atoms with E-state index < -0.39 is 5.41 Å². The molecule has 5 nitrogen and oxygen atoms in total. The maximum Gasteiger partial charge on any atom is 0.227 e. The zero-order valence-electron chi connectivity index (χ0n) is 13.7. The molecule has 1 saturated carbocycles. The van der Waals surface area contributed by atoms with Gasteiger partial charge in [-0.25, -0.2) is 0 Å². The molecular weight excluding hydrogens is 399 g/mol. The van der Waals surface area contributed by atoms with E-state index in [-0.39, 0.29) is 29.9 Å². The molecule has 0 heterocycles. The fraction of sp³-hybridized carbons (Fsp3) is 0.857. The first kappa shape index (κ1) is 20.8. The molecule has 0 bridgehead atoms. The van der Waals surface area contributed by atoms with Crippen LogP contribution in [-0.2, 0) is 4.79 Å². The van der Waals surface area contributed by atoms with Gasteiger partial charge in [-0.05, 0) is 39.4 Å². The van der Waals surface area contributed by atoms with Gasteiger partial charge in [0, 0.05) is 31.9 Å². The standard InChI is InChI=1S/C14H28N4OS.HI/c1-14(2,12(19)15-3)9-17-13(16-4)18-10-6-7-11(8-10)20-5;/h10-11H,6-9H2,1-5H3,(H,15,19)(H2,16,17,18);1H. The van der Waals surface area contributed by atoms with Crippen LogP contribution < -0.4 is 16.0 Å². The number of aliphatic imine (C=N–C) groups is 1. The molecule has 1 rings (SSSR count). The topological polar surface area (TPSA) is 65.5 Å². The van der Waals surface area contributed by atoms with E-state index in [1.54, 1.807) is 14.1 Å². The molecule has 1 aliphatic carbocycles. The molecule has 1 amide bonds. The Hall–Kier alpha value is -0.180. The van der Waals surface area contributed by atoms with Gasteiger partial charge in [-0.2, -0.15) is 11.8 Å². The molecule has 0 saturated heterocycles. The van der Waals surface area contributed by atoms with E-state index in [4.69, 9.17) is 0 Å². The minimum Gasteiger partial charge on any atom is -0.359 e. The lowest BCUT2D eigenvalue weighted by atomic mass is 9.92. The monoisotopic (exact) mass is 428 g/mol. The van der Waals surface area contributed by atoms with Crippen LogP contribution in [0.4, 0.5) is 0 Å². The van der Waals surface area contributed by atoms with Crippen molar-refractivity contribution < 1.29 is 4.79 Å². The summed E-state index contributed by atoms with van der Waals surface area (Å²) >= 11 is 1.94. The summed E-state index contributed by atoms with van der Waals surface area (Å²) in [6.45, 7) is 4.40. The molecule has 0 aliphatic heterocycles. The third-order valence-corrected chi connectivity index (χ3v) is 4.92. The van der Waals surface area contributed by atoms with Crippen molar-refractivity contribution >= 4 is 47.6 Å². The number of rotatable bonds is 5. The van der Waals surface area contributed by atoms with Gasteiger partial charge in [0.15, 0.2) is 5.96 Å². The number of hydrogen-bond acceptors (Lipinski definition) is 3. The van der Waals surface area contributed by atoms with Crippen LogP contribution in [-0.4, -0.2) is 50.1 Å². The van der Waals surface area contributed by atoms with Gasteiger partial charge in [-0.3, -0.25) is 9.79 Å². The van der Waals surface area contributed by atoms with Gasteiger partial charge >= 0.3 is 0 Å². The van der Waals surface area contributed by atoms with Gasteiger partial charge in [-0.1, -0.05) is 0 Å². The Kier molecular flexibility index (Phi) is 9.68. The van der Waals surface area contributed by atoms with Crippen molar-refractivity contribution in [3.63, 3.8) is 0 Å². The number of carbonyl (C=O) groups is 1. The molecule has 0 radical (unpaired) electrons. The van der Waals surface area contributed by atoms with Crippen LogP contribution in [0.3, 0.4) is 0 Å². The number of carbonyl (C=O) groups excluding carboxylic acids is 1. The lowest BCUT2D eigenvalue weighted by Crippen LogP contribution is -2.49. The highest BCUT2D eigenvalue weighted by Gasteiger charge is 2.28. The Morgan fingerprint density at radius 3 is 2.52 bits per heavy atom. The molecule has 0 aromatic carbocycles. The highest BCUT2D eigenvalue weighted by molar-refractivity contribution is 14.0. The Balaban J connectivity index is 0.00000400. The molecule has 3 N–H and O–H groups in total. The molecule has 21 heavy (non-hydrogen) atoms. The van der Waals surface area contributed by atoms with Crippen LogP contribution in [0.5, 0.6) is 0 Å². The second-order valence-electron chi connectivity index (χ2n) is 5.90. The normalized spacial score (nSPS) is 22.4. The Morgan fingerprint density at radius 2 is 2.05 bits per heavy atom. The third kappa shape index (κ3) is 6.63. The van der Waals surface area contributed by atoms with Crippen molar-refractivity contribution in [2.45, 2.75) is 44.4 Å². The number of nitrogens with zero attached hydrogens (tertiary/aromatic N) is 1. The number of hydrogen-bond donors (Lipinski definition) is 3. The summed E-state index contributed by atoms with van der Waals surface area (Å²) in [7, 11) is 3.43. The second kappa shape index (κ2) is 9.76. The minimum atomic E-state index is -0.455. The van der Waals surface area contributed by atoms with Crippen molar-refractivity contribution in [3.05, 3.63) is 0 Å². The molecule has 1 fully saturated rings. The van der Waals surface area contributed by atoms with Crippen molar-refractivity contribution in [3.8, 4) is 0 Å². The summed E-state index contributed by atoms with van der Waals surface area (Å²) in [5.74, 6) is 0.817. The number of nitrogens with one attached hydrogen (secondary N) is 3. The van der Waals surface area contributed by atoms with Gasteiger partial charge in [0.25, 0.3) is 0 Å². The van der Waals surface area contributed by atoms with E-state index in [1.165, 1.54) is 19.3 Å². The van der Waals surface area contributed by atoms with Crippen LogP contribution >= 0.6 is 35.7 Å². The number of thioether (sulfide) groups is 1. The molecule has 0 spiro atoms. The summed E-state index contributed by atoms with van der Waals surface area (Å²) in [5.41, 5.74) is -0.455. The number of guanidine groups is 1. The molecule has 0 aromatic rings. The lowest BCUT2D eigenvalue weighted by Gasteiger charge is -2.25. The molecule has 1 aliphatic rings. The summed E-state index contributed by atoms with van der Waals surface area (Å²) in [6.07, 6.45) is 5.80. The van der Waals surface area contributed by atoms with E-state index in [0.717, 1.165) is 11.2 Å². The van der Waals surface area contributed by atoms with Gasteiger partial charge in [0.1, 0.15) is 0 Å². The van der Waals surface area contributed by atoms with E-state index >= 15 is 0 Å². The van der Waals surface area contributed by atoms with E-state index in [9.17, 15) is 4.79 Å². The van der Waals surface area contributed by atoms with E-state index in [1.807, 2.05) is 25.6 Å². The Morgan fingerprint density at radius 1 is 1.38 bits per heavy atom. The largest absolute Gasteiger partial charge is 0.359 e. The first-order valence-electron chi connectivity index (χ1n) is 7.15. The van der Waals surface area contributed by atoms with Gasteiger partial charge in [0.05, 0.1) is 5.41 Å². The summed E-state index contributed by atoms with van der Waals surface area (Å²) in [5, 5.41) is 10.2. The SMILES string of the molecule is CN=C(NCC(C)(C)C(=O)NC)NC1CCC(SC)C1.I. The average Bonchev–Trinajstić information content (AvgIpc) is 2.90. The quantitative estimate of drug-likeness (QED) is 0.355. The predicted octanol–water partition coefficient (Wildman–Crippen LogP) is 1.83. The summed E-state index contributed by atoms with van der Waals surface area (Å²) < 4.78 is 0. The van der Waals surface area contributed by atoms with Gasteiger partial charge < -0.3 is 16.0 Å². The van der Waals surface area contributed by atoms with E-state index in [2.05, 4.69) is 27.2 Å². The first-order chi connectivity index (χ1) is 9.42. The fourth-order valence-corrected chi connectivity index (χ4v) is 3.19. The number of halogens is 1. The summed E-state index contributed by atoms with van der Waals surface area (Å²) in [6, 6.07) is 0.488. The predicted molar refractivity (Wildman–Crippen MR) is 103 cm³/mol. The molecule has 2 unspecified atom stereocenters. The van der Waals surface area contributed by atoms with Crippen LogP contribution in [0.2, 0.25) is 0 Å². The van der Waals surface area contributed by atoms with Crippen LogP contribution in [0.25, 0.3) is 0 Å². The zero-order valence-corrected chi connectivity index (χ0v) is 16.8. The molecule has 7 heteroatoms. The maximum absolute atomic E-state index is 11.7. The van der Waals surface area contributed by atoms with Gasteiger partial charge in [0.2, 0.25) is 5.91 Å². The minimum absolute atomic E-state index is 0. The smallest absolute Gasteiger partial charge is 0.227 e. The van der Waals surface area contributed by atoms with E-state index in [0.29, 0.717) is 12.6 Å². The Bertz CT molecular complexity index is 363. The highest BCUT2D eigenvalue weighted by atomic mass is 127. The average molecular weight is 428 g/mol. The fourth-order valence-electron chi connectivity index (χ4n) is 2.40. The van der Waals surface area contributed by atoms with Crippen molar-refractivity contribution in [1.29, 1.82) is 0 Å². The number of amides is 1. The molecule has 0 aromatic heterocycles. The first-order valence-corrected chi connectivity index (χ1v) is 8.44. The van der Waals surface area contributed by atoms with Gasteiger partial charge in [-0.15, -0.1) is 24.0 Å². The second-order valence-corrected chi connectivity index (χ2v) is 7.04. The van der Waals surface area contributed by atoms with Crippen molar-refractivity contribution in [2.75, 3.05) is 26.9 Å². The Labute approximate surface area is 149 Å². The lowest BCUT2D eigenvalue weighted by molar-refractivity contribution is -0.128. The molecule has 124 valence electrons. The highest BCUT2D eigenvalue weighted by Crippen LogP contribution is 2.28. The van der Waals surface area contributed by atoms with Crippen LogP contribution in [0.15, 0.2) is 4.99 Å². The van der Waals surface area contributed by atoms with Crippen LogP contribution in [0, 0.1) is 5.41 Å².